The standard InChI is InChI=1S/C10H12N2O5/c1-10(2,13)6-7-4-3-5-8(11(14)15)9(7)12(16)17/h3-5,13H,6H2,1-2H3. The van der Waals surface area contributed by atoms with Crippen LogP contribution in [0.25, 0.3) is 0 Å². The van der Waals surface area contributed by atoms with Gasteiger partial charge in [-0.05, 0) is 13.8 Å². The van der Waals surface area contributed by atoms with Crippen LogP contribution in [0.1, 0.15) is 19.4 Å². The molecule has 17 heavy (non-hydrogen) atoms. The van der Waals surface area contributed by atoms with Crippen LogP contribution in [0.5, 0.6) is 0 Å². The minimum absolute atomic E-state index is 0.0228. The normalized spacial score (nSPS) is 11.2. The van der Waals surface area contributed by atoms with Gasteiger partial charge in [0.25, 0.3) is 0 Å². The van der Waals surface area contributed by atoms with Gasteiger partial charge < -0.3 is 5.11 Å². The van der Waals surface area contributed by atoms with E-state index >= 15 is 0 Å². The van der Waals surface area contributed by atoms with Crippen molar-refractivity contribution in [1.29, 1.82) is 0 Å². The van der Waals surface area contributed by atoms with Gasteiger partial charge in [0.2, 0.25) is 0 Å². The van der Waals surface area contributed by atoms with E-state index in [4.69, 9.17) is 0 Å². The highest BCUT2D eigenvalue weighted by Gasteiger charge is 2.30. The van der Waals surface area contributed by atoms with Crippen LogP contribution in [0.4, 0.5) is 11.4 Å². The fourth-order valence-corrected chi connectivity index (χ4v) is 1.54. The maximum Gasteiger partial charge on any atom is 0.349 e. The smallest absolute Gasteiger partial charge is 0.349 e. The summed E-state index contributed by atoms with van der Waals surface area (Å²) in [5.41, 5.74) is -2.13. The van der Waals surface area contributed by atoms with Crippen molar-refractivity contribution in [2.24, 2.45) is 0 Å². The predicted molar refractivity (Wildman–Crippen MR) is 59.8 cm³/mol. The lowest BCUT2D eigenvalue weighted by atomic mass is 9.97. The Morgan fingerprint density at radius 3 is 2.24 bits per heavy atom. The number of benzene rings is 1. The largest absolute Gasteiger partial charge is 0.390 e. The monoisotopic (exact) mass is 240 g/mol. The number of aliphatic hydroxyl groups is 1. The van der Waals surface area contributed by atoms with Gasteiger partial charge >= 0.3 is 11.4 Å². The third kappa shape index (κ3) is 3.22. The third-order valence-electron chi connectivity index (χ3n) is 2.10. The molecule has 0 spiro atoms. The number of hydrogen-bond donors (Lipinski definition) is 1. The zero-order valence-electron chi connectivity index (χ0n) is 9.41. The lowest BCUT2D eigenvalue weighted by Gasteiger charge is -2.16. The van der Waals surface area contributed by atoms with Gasteiger partial charge in [-0.15, -0.1) is 0 Å². The van der Waals surface area contributed by atoms with Crippen molar-refractivity contribution in [2.75, 3.05) is 0 Å². The first-order valence-corrected chi connectivity index (χ1v) is 4.85. The Balaban J connectivity index is 3.35. The van der Waals surface area contributed by atoms with Crippen LogP contribution in [-0.4, -0.2) is 20.6 Å². The third-order valence-corrected chi connectivity index (χ3v) is 2.10. The maximum atomic E-state index is 10.9. The van der Waals surface area contributed by atoms with Gasteiger partial charge in [-0.3, -0.25) is 20.2 Å². The topological polar surface area (TPSA) is 107 Å². The molecule has 0 aliphatic rings. The van der Waals surface area contributed by atoms with Gasteiger partial charge in [0.1, 0.15) is 0 Å². The van der Waals surface area contributed by atoms with E-state index in [2.05, 4.69) is 0 Å². The Labute approximate surface area is 97.0 Å². The van der Waals surface area contributed by atoms with E-state index in [1.165, 1.54) is 26.0 Å². The van der Waals surface area contributed by atoms with E-state index < -0.39 is 26.8 Å². The van der Waals surface area contributed by atoms with Crippen molar-refractivity contribution in [3.63, 3.8) is 0 Å². The zero-order valence-corrected chi connectivity index (χ0v) is 9.41. The van der Waals surface area contributed by atoms with Crippen LogP contribution in [-0.2, 0) is 6.42 Å². The summed E-state index contributed by atoms with van der Waals surface area (Å²) < 4.78 is 0. The molecule has 0 atom stereocenters. The van der Waals surface area contributed by atoms with Gasteiger partial charge in [-0.1, -0.05) is 12.1 Å². The summed E-state index contributed by atoms with van der Waals surface area (Å²) in [4.78, 5) is 19.9. The molecule has 7 nitrogen and oxygen atoms in total. The molecule has 1 rings (SSSR count). The van der Waals surface area contributed by atoms with Crippen molar-refractivity contribution in [2.45, 2.75) is 25.9 Å². The molecule has 7 heteroatoms. The zero-order chi connectivity index (χ0) is 13.2. The van der Waals surface area contributed by atoms with Crippen LogP contribution < -0.4 is 0 Å². The van der Waals surface area contributed by atoms with Gasteiger partial charge in [0, 0.05) is 18.1 Å². The first-order valence-electron chi connectivity index (χ1n) is 4.85. The molecule has 1 aromatic carbocycles. The molecule has 1 aromatic rings. The molecule has 92 valence electrons. The summed E-state index contributed by atoms with van der Waals surface area (Å²) in [7, 11) is 0. The Hall–Kier alpha value is -2.02. The van der Waals surface area contributed by atoms with Crippen molar-refractivity contribution in [3.8, 4) is 0 Å². The number of nitro groups is 2. The van der Waals surface area contributed by atoms with Crippen molar-refractivity contribution < 1.29 is 15.0 Å². The first-order chi connectivity index (χ1) is 7.72. The van der Waals surface area contributed by atoms with Gasteiger partial charge in [-0.25, -0.2) is 0 Å². The van der Waals surface area contributed by atoms with Crippen LogP contribution >= 0.6 is 0 Å². The van der Waals surface area contributed by atoms with Crippen LogP contribution in [0.2, 0.25) is 0 Å². The average Bonchev–Trinajstić information content (AvgIpc) is 2.14. The summed E-state index contributed by atoms with van der Waals surface area (Å²) in [6.07, 6.45) is -0.0228. The summed E-state index contributed by atoms with van der Waals surface area (Å²) in [6, 6.07) is 3.85. The molecule has 0 radical (unpaired) electrons. The van der Waals surface area contributed by atoms with Crippen LogP contribution in [0.15, 0.2) is 18.2 Å². The van der Waals surface area contributed by atoms with E-state index in [0.717, 1.165) is 6.07 Å². The maximum absolute atomic E-state index is 10.9. The molecule has 0 bridgehead atoms. The van der Waals surface area contributed by atoms with E-state index in [1.54, 1.807) is 0 Å². The molecule has 0 heterocycles. The number of rotatable bonds is 4. The van der Waals surface area contributed by atoms with E-state index in [1.807, 2.05) is 0 Å². The molecule has 1 N–H and O–H groups in total. The highest BCUT2D eigenvalue weighted by molar-refractivity contribution is 5.57. The minimum atomic E-state index is -1.17. The second kappa shape index (κ2) is 4.46. The lowest BCUT2D eigenvalue weighted by Crippen LogP contribution is -2.22. The number of hydrogen-bond acceptors (Lipinski definition) is 5. The summed E-state index contributed by atoms with van der Waals surface area (Å²) in [5.74, 6) is 0. The highest BCUT2D eigenvalue weighted by Crippen LogP contribution is 2.32. The van der Waals surface area contributed by atoms with Gasteiger partial charge in [-0.2, -0.15) is 0 Å². The van der Waals surface area contributed by atoms with E-state index in [9.17, 15) is 25.3 Å². The molecule has 0 aliphatic heterocycles. The quantitative estimate of drug-likeness (QED) is 0.638. The Morgan fingerprint density at radius 2 is 1.82 bits per heavy atom. The molecule has 0 fully saturated rings. The van der Waals surface area contributed by atoms with E-state index in [0.29, 0.717) is 0 Å². The molecule has 0 saturated heterocycles. The van der Waals surface area contributed by atoms with Gasteiger partial charge in [0.15, 0.2) is 0 Å². The molecule has 0 aromatic heterocycles. The minimum Gasteiger partial charge on any atom is -0.390 e. The molecule has 0 amide bonds. The summed E-state index contributed by atoms with van der Waals surface area (Å²) >= 11 is 0. The van der Waals surface area contributed by atoms with Gasteiger partial charge in [0.05, 0.1) is 15.4 Å². The van der Waals surface area contributed by atoms with Crippen LogP contribution in [0.3, 0.4) is 0 Å². The number of nitro benzene ring substituents is 2. The van der Waals surface area contributed by atoms with Crippen molar-refractivity contribution in [3.05, 3.63) is 44.0 Å². The highest BCUT2D eigenvalue weighted by atomic mass is 16.6. The first kappa shape index (κ1) is 13.0. The number of para-hydroxylation sites is 1. The molecule has 0 unspecified atom stereocenters. The molecular weight excluding hydrogens is 228 g/mol. The Kier molecular flexibility index (Phi) is 3.42. The predicted octanol–water partition coefficient (Wildman–Crippen LogP) is 1.82. The molecule has 0 saturated carbocycles. The summed E-state index contributed by atoms with van der Waals surface area (Å²) in [5, 5.41) is 31.1. The van der Waals surface area contributed by atoms with Crippen LogP contribution in [0, 0.1) is 20.2 Å². The number of nitrogens with zero attached hydrogens (tertiary/aromatic N) is 2. The second-order valence-electron chi connectivity index (χ2n) is 4.29. The fraction of sp³-hybridized carbons (Fsp3) is 0.400. The molecular formula is C10H12N2O5. The fourth-order valence-electron chi connectivity index (χ4n) is 1.54. The Morgan fingerprint density at radius 1 is 1.24 bits per heavy atom. The second-order valence-corrected chi connectivity index (χ2v) is 4.29. The Bertz CT molecular complexity index is 464. The lowest BCUT2D eigenvalue weighted by molar-refractivity contribution is -0.423. The van der Waals surface area contributed by atoms with Crippen molar-refractivity contribution >= 4 is 11.4 Å². The average molecular weight is 240 g/mol. The SMILES string of the molecule is CC(C)(O)Cc1cccc([N+](=O)[O-])c1[N+](=O)[O-]. The van der Waals surface area contributed by atoms with E-state index in [-0.39, 0.29) is 12.0 Å². The molecule has 0 aliphatic carbocycles. The van der Waals surface area contributed by atoms with Crippen molar-refractivity contribution in [1.82, 2.24) is 0 Å². The summed E-state index contributed by atoms with van der Waals surface area (Å²) in [6.45, 7) is 2.96.